The molecule has 0 nitrogen and oxygen atoms in total. The lowest BCUT2D eigenvalue weighted by Crippen LogP contribution is -1.79. The van der Waals surface area contributed by atoms with Crippen molar-refractivity contribution < 1.29 is 0 Å². The molecule has 0 aliphatic carbocycles. The smallest absolute Gasteiger partial charge is 0.0181 e. The molecule has 0 aliphatic rings. The Bertz CT molecular complexity index is 700. The maximum atomic E-state index is 3.50. The molecule has 3 aromatic rings. The summed E-state index contributed by atoms with van der Waals surface area (Å²) < 4.78 is 2.22. The van der Waals surface area contributed by atoms with Crippen LogP contribution in [0.4, 0.5) is 0 Å². The molecule has 0 N–H and O–H groups in total. The average molecular weight is 362 g/mol. The van der Waals surface area contributed by atoms with Crippen molar-refractivity contribution in [3.63, 3.8) is 0 Å². The Labute approximate surface area is 123 Å². The molecule has 0 heterocycles. The van der Waals surface area contributed by atoms with Gasteiger partial charge >= 0.3 is 0 Å². The minimum atomic E-state index is 1.11. The third-order valence-electron chi connectivity index (χ3n) is 2.98. The Kier molecular flexibility index (Phi) is 3.23. The fourth-order valence-corrected chi connectivity index (χ4v) is 2.68. The molecule has 0 aliphatic heterocycles. The molecule has 0 saturated carbocycles. The van der Waals surface area contributed by atoms with E-state index in [1.165, 1.54) is 21.9 Å². The van der Waals surface area contributed by atoms with Gasteiger partial charge < -0.3 is 0 Å². The molecular formula is C16H10Br2. The molecule has 2 heteroatoms. The molecule has 0 atom stereocenters. The third-order valence-corrected chi connectivity index (χ3v) is 4.00. The maximum Gasteiger partial charge on any atom is 0.0181 e. The van der Waals surface area contributed by atoms with Gasteiger partial charge in [-0.2, -0.15) is 0 Å². The van der Waals surface area contributed by atoms with Crippen LogP contribution >= 0.6 is 31.9 Å². The van der Waals surface area contributed by atoms with E-state index in [2.05, 4.69) is 92.5 Å². The predicted octanol–water partition coefficient (Wildman–Crippen LogP) is 6.03. The molecule has 0 saturated heterocycles. The zero-order valence-electron chi connectivity index (χ0n) is 9.53. The summed E-state index contributed by atoms with van der Waals surface area (Å²) in [6, 6.07) is 21.3. The predicted molar refractivity (Wildman–Crippen MR) is 84.8 cm³/mol. The highest BCUT2D eigenvalue weighted by atomic mass is 79.9. The molecule has 0 aromatic heterocycles. The van der Waals surface area contributed by atoms with E-state index in [-0.39, 0.29) is 0 Å². The first-order chi connectivity index (χ1) is 8.72. The summed E-state index contributed by atoms with van der Waals surface area (Å²) in [5.74, 6) is 0. The summed E-state index contributed by atoms with van der Waals surface area (Å²) in [7, 11) is 0. The number of halogens is 2. The third kappa shape index (κ3) is 2.36. The van der Waals surface area contributed by atoms with Gasteiger partial charge in [0.05, 0.1) is 0 Å². The van der Waals surface area contributed by atoms with Crippen LogP contribution in [0, 0.1) is 0 Å². The van der Waals surface area contributed by atoms with E-state index >= 15 is 0 Å². The van der Waals surface area contributed by atoms with Crippen molar-refractivity contribution in [2.75, 3.05) is 0 Å². The summed E-state index contributed by atoms with van der Waals surface area (Å²) in [6.45, 7) is 0. The van der Waals surface area contributed by atoms with Crippen molar-refractivity contribution >= 4 is 42.6 Å². The van der Waals surface area contributed by atoms with Gasteiger partial charge in [0.15, 0.2) is 0 Å². The average Bonchev–Trinajstić information content (AvgIpc) is 2.39. The van der Waals surface area contributed by atoms with E-state index in [0.717, 1.165) is 8.95 Å². The highest BCUT2D eigenvalue weighted by molar-refractivity contribution is 9.10. The minimum Gasteiger partial charge on any atom is -0.0537 e. The van der Waals surface area contributed by atoms with Gasteiger partial charge in [0, 0.05) is 8.95 Å². The van der Waals surface area contributed by atoms with Crippen molar-refractivity contribution in [3.05, 3.63) is 69.6 Å². The number of fused-ring (bicyclic) bond motifs is 1. The first kappa shape index (κ1) is 11.9. The van der Waals surface area contributed by atoms with E-state index in [0.29, 0.717) is 0 Å². The van der Waals surface area contributed by atoms with Crippen LogP contribution in [0.2, 0.25) is 0 Å². The van der Waals surface area contributed by atoms with Crippen molar-refractivity contribution in [2.45, 2.75) is 0 Å². The zero-order chi connectivity index (χ0) is 12.5. The molecule has 0 fully saturated rings. The molecule has 0 unspecified atom stereocenters. The Morgan fingerprint density at radius 1 is 0.500 bits per heavy atom. The molecule has 3 aromatic carbocycles. The monoisotopic (exact) mass is 360 g/mol. The standard InChI is InChI=1S/C16H10Br2/c17-15-6-3-11(4-7-15)12-1-2-14-10-16(18)8-5-13(14)9-12/h1-10H. The van der Waals surface area contributed by atoms with E-state index in [1.807, 2.05) is 0 Å². The Morgan fingerprint density at radius 3 is 1.83 bits per heavy atom. The second-order valence-corrected chi connectivity index (χ2v) is 6.04. The fourth-order valence-electron chi connectivity index (χ4n) is 2.04. The molecule has 0 spiro atoms. The second kappa shape index (κ2) is 4.87. The Balaban J connectivity index is 2.13. The van der Waals surface area contributed by atoms with Gasteiger partial charge in [-0.25, -0.2) is 0 Å². The topological polar surface area (TPSA) is 0 Å². The van der Waals surface area contributed by atoms with Crippen LogP contribution < -0.4 is 0 Å². The van der Waals surface area contributed by atoms with Gasteiger partial charge in [-0.05, 0) is 52.2 Å². The maximum absolute atomic E-state index is 3.50. The Hall–Kier alpha value is -1.12. The SMILES string of the molecule is Brc1ccc(-c2ccc3cc(Br)ccc3c2)cc1. The molecule has 88 valence electrons. The summed E-state index contributed by atoms with van der Waals surface area (Å²) >= 11 is 6.96. The zero-order valence-corrected chi connectivity index (χ0v) is 12.7. The van der Waals surface area contributed by atoms with Gasteiger partial charge in [-0.15, -0.1) is 0 Å². The molecular weight excluding hydrogens is 352 g/mol. The van der Waals surface area contributed by atoms with Crippen molar-refractivity contribution in [3.8, 4) is 11.1 Å². The first-order valence-electron chi connectivity index (χ1n) is 5.68. The lowest BCUT2D eigenvalue weighted by molar-refractivity contribution is 1.61. The van der Waals surface area contributed by atoms with Crippen LogP contribution in [0.5, 0.6) is 0 Å². The summed E-state index contributed by atoms with van der Waals surface area (Å²) in [6.07, 6.45) is 0. The minimum absolute atomic E-state index is 1.11. The van der Waals surface area contributed by atoms with Gasteiger partial charge in [0.1, 0.15) is 0 Å². The lowest BCUT2D eigenvalue weighted by atomic mass is 10.0. The number of benzene rings is 3. The van der Waals surface area contributed by atoms with Crippen LogP contribution in [0.15, 0.2) is 69.6 Å². The van der Waals surface area contributed by atoms with Crippen LogP contribution in [0.1, 0.15) is 0 Å². The largest absolute Gasteiger partial charge is 0.0537 e. The molecule has 18 heavy (non-hydrogen) atoms. The van der Waals surface area contributed by atoms with Gasteiger partial charge in [0.25, 0.3) is 0 Å². The van der Waals surface area contributed by atoms with Gasteiger partial charge in [0.2, 0.25) is 0 Å². The van der Waals surface area contributed by atoms with E-state index in [9.17, 15) is 0 Å². The van der Waals surface area contributed by atoms with Crippen LogP contribution in [-0.2, 0) is 0 Å². The first-order valence-corrected chi connectivity index (χ1v) is 7.26. The fraction of sp³-hybridized carbons (Fsp3) is 0. The van der Waals surface area contributed by atoms with Crippen LogP contribution in [-0.4, -0.2) is 0 Å². The van der Waals surface area contributed by atoms with Crippen molar-refractivity contribution in [1.82, 2.24) is 0 Å². The van der Waals surface area contributed by atoms with E-state index in [4.69, 9.17) is 0 Å². The second-order valence-electron chi connectivity index (χ2n) is 4.21. The summed E-state index contributed by atoms with van der Waals surface area (Å²) in [5, 5.41) is 2.52. The van der Waals surface area contributed by atoms with Crippen LogP contribution in [0.3, 0.4) is 0 Å². The molecule has 0 bridgehead atoms. The van der Waals surface area contributed by atoms with E-state index in [1.54, 1.807) is 0 Å². The van der Waals surface area contributed by atoms with Crippen LogP contribution in [0.25, 0.3) is 21.9 Å². The highest BCUT2D eigenvalue weighted by Gasteiger charge is 2.00. The lowest BCUT2D eigenvalue weighted by Gasteiger charge is -2.05. The number of hydrogen-bond acceptors (Lipinski definition) is 0. The molecule has 0 amide bonds. The molecule has 0 radical (unpaired) electrons. The normalized spacial score (nSPS) is 10.8. The van der Waals surface area contributed by atoms with Gasteiger partial charge in [-0.1, -0.05) is 62.2 Å². The van der Waals surface area contributed by atoms with Crippen molar-refractivity contribution in [2.24, 2.45) is 0 Å². The quantitative estimate of drug-likeness (QED) is 0.496. The highest BCUT2D eigenvalue weighted by Crippen LogP contribution is 2.27. The number of rotatable bonds is 1. The summed E-state index contributed by atoms with van der Waals surface area (Å²) in [5.41, 5.74) is 2.49. The number of hydrogen-bond donors (Lipinski definition) is 0. The molecule has 3 rings (SSSR count). The summed E-state index contributed by atoms with van der Waals surface area (Å²) in [4.78, 5) is 0. The Morgan fingerprint density at radius 2 is 1.06 bits per heavy atom. The van der Waals surface area contributed by atoms with E-state index < -0.39 is 0 Å². The van der Waals surface area contributed by atoms with Crippen molar-refractivity contribution in [1.29, 1.82) is 0 Å². The van der Waals surface area contributed by atoms with Gasteiger partial charge in [-0.3, -0.25) is 0 Å².